The van der Waals surface area contributed by atoms with Crippen LogP contribution in [0, 0.1) is 5.82 Å². The number of ether oxygens (including phenoxy) is 2. The summed E-state index contributed by atoms with van der Waals surface area (Å²) in [5.41, 5.74) is 2.04. The van der Waals surface area contributed by atoms with Crippen molar-refractivity contribution in [3.63, 3.8) is 0 Å². The molecule has 0 aliphatic carbocycles. The number of halogens is 1. The molecule has 0 N–H and O–H groups in total. The number of hydrogen-bond donors (Lipinski definition) is 0. The van der Waals surface area contributed by atoms with E-state index in [1.165, 1.54) is 25.6 Å². The van der Waals surface area contributed by atoms with Crippen LogP contribution in [-0.4, -0.2) is 69.2 Å². The van der Waals surface area contributed by atoms with Crippen molar-refractivity contribution in [2.75, 3.05) is 39.7 Å². The molecular weight excluding hydrogens is 471 g/mol. The molecule has 1 fully saturated rings. The number of nitrogens with zero attached hydrogens (tertiary/aromatic N) is 4. The molecular formula is C25H23FN4O4S. The summed E-state index contributed by atoms with van der Waals surface area (Å²) in [5.74, 6) is 0.209. The maximum Gasteiger partial charge on any atom is 0.254 e. The number of benzene rings is 2. The third-order valence-electron chi connectivity index (χ3n) is 5.96. The lowest BCUT2D eigenvalue weighted by Crippen LogP contribution is -2.40. The number of carbonyl (C=O) groups excluding carboxylic acids is 1. The standard InChI is InChI=1S/C25H23FN4O4S/c1-33-18-4-6-19(21(26)12-18)17-13-27-25(28-14-17)30-15-23(35(2)32)20-5-3-16(11-22(20)30)24(31)29-7-9-34-10-8-29/h3-6,11-15H,7-10H2,1-2H3. The van der Waals surface area contributed by atoms with Crippen molar-refractivity contribution in [3.05, 3.63) is 66.4 Å². The van der Waals surface area contributed by atoms with Crippen LogP contribution in [0.25, 0.3) is 28.0 Å². The molecule has 0 saturated carbocycles. The number of rotatable bonds is 5. The molecule has 1 atom stereocenters. The number of fused-ring (bicyclic) bond motifs is 1. The molecule has 1 aliphatic heterocycles. The summed E-state index contributed by atoms with van der Waals surface area (Å²) in [6, 6.07) is 9.90. The minimum absolute atomic E-state index is 0.0895. The van der Waals surface area contributed by atoms with Gasteiger partial charge >= 0.3 is 0 Å². The van der Waals surface area contributed by atoms with Gasteiger partial charge in [0.1, 0.15) is 11.6 Å². The van der Waals surface area contributed by atoms with Crippen LogP contribution in [0.3, 0.4) is 0 Å². The first kappa shape index (κ1) is 23.1. The maximum absolute atomic E-state index is 14.5. The average molecular weight is 495 g/mol. The highest BCUT2D eigenvalue weighted by atomic mass is 32.2. The van der Waals surface area contributed by atoms with Crippen molar-refractivity contribution in [1.82, 2.24) is 19.4 Å². The molecule has 1 unspecified atom stereocenters. The van der Waals surface area contributed by atoms with Gasteiger partial charge in [0.2, 0.25) is 5.95 Å². The molecule has 1 saturated heterocycles. The Hall–Kier alpha value is -3.63. The van der Waals surface area contributed by atoms with Gasteiger partial charge < -0.3 is 14.4 Å². The van der Waals surface area contributed by atoms with Crippen molar-refractivity contribution < 1.29 is 22.9 Å². The van der Waals surface area contributed by atoms with Crippen molar-refractivity contribution >= 4 is 27.6 Å². The zero-order chi connectivity index (χ0) is 24.5. The molecule has 5 rings (SSSR count). The summed E-state index contributed by atoms with van der Waals surface area (Å²) >= 11 is 0. The number of carbonyl (C=O) groups is 1. The number of aromatic nitrogens is 3. The Morgan fingerprint density at radius 2 is 1.86 bits per heavy atom. The van der Waals surface area contributed by atoms with Crippen LogP contribution in [0.4, 0.5) is 4.39 Å². The van der Waals surface area contributed by atoms with Crippen LogP contribution in [-0.2, 0) is 15.5 Å². The van der Waals surface area contributed by atoms with E-state index >= 15 is 0 Å². The summed E-state index contributed by atoms with van der Waals surface area (Å²) < 4.78 is 39.0. The highest BCUT2D eigenvalue weighted by Crippen LogP contribution is 2.29. The topological polar surface area (TPSA) is 86.6 Å². The fourth-order valence-electron chi connectivity index (χ4n) is 4.11. The smallest absolute Gasteiger partial charge is 0.254 e. The third kappa shape index (κ3) is 4.42. The molecule has 1 aliphatic rings. The van der Waals surface area contributed by atoms with Gasteiger partial charge in [-0.15, -0.1) is 0 Å². The molecule has 10 heteroatoms. The van der Waals surface area contributed by atoms with Gasteiger partial charge in [-0.2, -0.15) is 0 Å². The Morgan fingerprint density at radius 3 is 2.51 bits per heavy atom. The minimum atomic E-state index is -1.27. The van der Waals surface area contributed by atoms with E-state index < -0.39 is 16.6 Å². The lowest BCUT2D eigenvalue weighted by Gasteiger charge is -2.26. The number of morpholine rings is 1. The van der Waals surface area contributed by atoms with E-state index in [2.05, 4.69) is 9.97 Å². The van der Waals surface area contributed by atoms with Crippen molar-refractivity contribution in [1.29, 1.82) is 0 Å². The number of hydrogen-bond acceptors (Lipinski definition) is 6. The molecule has 4 aromatic rings. The number of amides is 1. The van der Waals surface area contributed by atoms with Gasteiger partial charge in [-0.25, -0.2) is 14.4 Å². The minimum Gasteiger partial charge on any atom is -0.497 e. The van der Waals surface area contributed by atoms with Crippen LogP contribution in [0.5, 0.6) is 5.75 Å². The Labute approximate surface area is 203 Å². The highest BCUT2D eigenvalue weighted by Gasteiger charge is 2.21. The summed E-state index contributed by atoms with van der Waals surface area (Å²) in [4.78, 5) is 24.3. The SMILES string of the molecule is COc1ccc(-c2cnc(-n3cc(S(C)=O)c4ccc(C(=O)N5CCOCC5)cc43)nc2)c(F)c1. The first-order valence-corrected chi connectivity index (χ1v) is 12.5. The van der Waals surface area contributed by atoms with Gasteiger partial charge in [0, 0.05) is 66.1 Å². The van der Waals surface area contributed by atoms with E-state index in [4.69, 9.17) is 9.47 Å². The van der Waals surface area contributed by atoms with E-state index in [0.29, 0.717) is 65.1 Å². The normalized spacial score (nSPS) is 14.8. The fourth-order valence-corrected chi connectivity index (χ4v) is 4.85. The van der Waals surface area contributed by atoms with E-state index in [-0.39, 0.29) is 5.91 Å². The second kappa shape index (κ2) is 9.55. The average Bonchev–Trinajstić information content (AvgIpc) is 3.28. The quantitative estimate of drug-likeness (QED) is 0.423. The lowest BCUT2D eigenvalue weighted by molar-refractivity contribution is 0.0303. The first-order chi connectivity index (χ1) is 17.0. The second-order valence-corrected chi connectivity index (χ2v) is 9.42. The fraction of sp³-hybridized carbons (Fsp3) is 0.240. The van der Waals surface area contributed by atoms with E-state index in [9.17, 15) is 13.4 Å². The Morgan fingerprint density at radius 1 is 1.11 bits per heavy atom. The Bertz CT molecular complexity index is 1430. The predicted octanol–water partition coefficient (Wildman–Crippen LogP) is 3.45. The summed E-state index contributed by atoms with van der Waals surface area (Å²) in [7, 11) is 0.209. The Balaban J connectivity index is 1.55. The van der Waals surface area contributed by atoms with Crippen LogP contribution in [0.1, 0.15) is 10.4 Å². The van der Waals surface area contributed by atoms with Crippen molar-refractivity contribution in [2.24, 2.45) is 0 Å². The van der Waals surface area contributed by atoms with Crippen LogP contribution in [0.2, 0.25) is 0 Å². The predicted molar refractivity (Wildman–Crippen MR) is 130 cm³/mol. The van der Waals surface area contributed by atoms with Gasteiger partial charge in [0.15, 0.2) is 0 Å². The second-order valence-electron chi connectivity index (χ2n) is 8.07. The van der Waals surface area contributed by atoms with E-state index in [0.717, 1.165) is 5.39 Å². The molecule has 8 nitrogen and oxygen atoms in total. The molecule has 2 aromatic carbocycles. The number of methoxy groups -OCH3 is 1. The van der Waals surface area contributed by atoms with E-state index in [1.54, 1.807) is 52.3 Å². The zero-order valence-corrected chi connectivity index (χ0v) is 20.0. The lowest BCUT2D eigenvalue weighted by atomic mass is 10.1. The monoisotopic (exact) mass is 494 g/mol. The molecule has 3 heterocycles. The van der Waals surface area contributed by atoms with Crippen molar-refractivity contribution in [2.45, 2.75) is 4.90 Å². The van der Waals surface area contributed by atoms with Gasteiger partial charge in [-0.05, 0) is 24.3 Å². The summed E-state index contributed by atoms with van der Waals surface area (Å²) in [5, 5.41) is 0.748. The maximum atomic E-state index is 14.5. The van der Waals surface area contributed by atoms with Crippen LogP contribution >= 0.6 is 0 Å². The molecule has 35 heavy (non-hydrogen) atoms. The molecule has 0 bridgehead atoms. The Kier molecular flexibility index (Phi) is 6.31. The first-order valence-electron chi connectivity index (χ1n) is 11.0. The van der Waals surface area contributed by atoms with E-state index in [1.807, 2.05) is 0 Å². The highest BCUT2D eigenvalue weighted by molar-refractivity contribution is 7.84. The molecule has 2 aromatic heterocycles. The summed E-state index contributed by atoms with van der Waals surface area (Å²) in [6.07, 6.45) is 6.38. The molecule has 180 valence electrons. The zero-order valence-electron chi connectivity index (χ0n) is 19.2. The summed E-state index contributed by atoms with van der Waals surface area (Å²) in [6.45, 7) is 2.10. The van der Waals surface area contributed by atoms with Gasteiger partial charge in [0.25, 0.3) is 5.91 Å². The van der Waals surface area contributed by atoms with Crippen molar-refractivity contribution in [3.8, 4) is 22.8 Å². The molecule has 0 spiro atoms. The largest absolute Gasteiger partial charge is 0.497 e. The molecule has 1 amide bonds. The van der Waals surface area contributed by atoms with Gasteiger partial charge in [0.05, 0.1) is 41.5 Å². The van der Waals surface area contributed by atoms with Gasteiger partial charge in [-0.1, -0.05) is 6.07 Å². The third-order valence-corrected chi connectivity index (χ3v) is 6.91. The van der Waals surface area contributed by atoms with Crippen LogP contribution in [0.15, 0.2) is 59.9 Å². The van der Waals surface area contributed by atoms with Crippen LogP contribution < -0.4 is 4.74 Å². The van der Waals surface area contributed by atoms with Gasteiger partial charge in [-0.3, -0.25) is 13.6 Å². The molecule has 0 radical (unpaired) electrons.